The smallest absolute Gasteiger partial charge is 0.131 e. The fourth-order valence-electron chi connectivity index (χ4n) is 5.40. The van der Waals surface area contributed by atoms with Gasteiger partial charge in [-0.2, -0.15) is 5.10 Å². The van der Waals surface area contributed by atoms with Crippen LogP contribution in [0.25, 0.3) is 0 Å². The number of aryl methyl sites for hydroxylation is 2. The van der Waals surface area contributed by atoms with Crippen LogP contribution in [-0.4, -0.2) is 50.2 Å². The van der Waals surface area contributed by atoms with Gasteiger partial charge in [0, 0.05) is 57.2 Å². The molecule has 0 aromatic carbocycles. The van der Waals surface area contributed by atoms with Gasteiger partial charge in [0.1, 0.15) is 5.15 Å². The number of aromatic nitrogens is 3. The topological polar surface area (TPSA) is 37.2 Å². The lowest BCUT2D eigenvalue weighted by atomic mass is 9.90. The summed E-state index contributed by atoms with van der Waals surface area (Å²) in [6, 6.07) is 5.03. The van der Waals surface area contributed by atoms with E-state index in [0.29, 0.717) is 5.92 Å². The number of hydrogen-bond acceptors (Lipinski definition) is 4. The maximum absolute atomic E-state index is 6.58. The summed E-state index contributed by atoms with van der Waals surface area (Å²) in [7, 11) is 1.92. The molecule has 30 heavy (non-hydrogen) atoms. The Bertz CT molecular complexity index is 799. The largest absolute Gasteiger partial charge is 0.300 e. The first-order valence-corrected chi connectivity index (χ1v) is 12.0. The van der Waals surface area contributed by atoms with Crippen molar-refractivity contribution in [3.8, 4) is 0 Å². The number of rotatable bonds is 7. The van der Waals surface area contributed by atoms with Gasteiger partial charge in [0.25, 0.3) is 0 Å². The molecule has 1 unspecified atom stereocenters. The number of nitrogens with zero attached hydrogens (tertiary/aromatic N) is 5. The van der Waals surface area contributed by atoms with Crippen molar-refractivity contribution in [2.24, 2.45) is 13.0 Å². The summed E-state index contributed by atoms with van der Waals surface area (Å²) in [5.41, 5.74) is 3.45. The fraction of sp³-hybridized carbons (Fsp3) is 0.667. The zero-order valence-corrected chi connectivity index (χ0v) is 19.3. The minimum absolute atomic E-state index is 0.716. The quantitative estimate of drug-likeness (QED) is 0.632. The molecule has 0 radical (unpaired) electrons. The third-order valence-electron chi connectivity index (χ3n) is 6.94. The SMILES string of the molecule is Cc1nn(C)c(Cl)c1CN(Cc1cccnc1)CC1CCCN(C2CCCCC2)C1. The molecular formula is C24H36ClN5. The van der Waals surface area contributed by atoms with Crippen molar-refractivity contribution < 1.29 is 0 Å². The molecule has 0 bridgehead atoms. The van der Waals surface area contributed by atoms with Crippen LogP contribution in [0.15, 0.2) is 24.5 Å². The van der Waals surface area contributed by atoms with Crippen molar-refractivity contribution in [3.63, 3.8) is 0 Å². The standard InChI is InChI=1S/C24H36ClN5/c1-19-23(24(25)28(2)27-19)18-29(15-20-8-6-12-26-14-20)16-21-9-7-13-30(17-21)22-10-4-3-5-11-22/h6,8,12,14,21-22H,3-5,7,9-11,13,15-18H2,1-2H3. The van der Waals surface area contributed by atoms with Gasteiger partial charge < -0.3 is 4.90 Å². The highest BCUT2D eigenvalue weighted by atomic mass is 35.5. The Morgan fingerprint density at radius 1 is 1.13 bits per heavy atom. The van der Waals surface area contributed by atoms with Crippen LogP contribution in [0.1, 0.15) is 61.8 Å². The van der Waals surface area contributed by atoms with Gasteiger partial charge >= 0.3 is 0 Å². The summed E-state index contributed by atoms with van der Waals surface area (Å²) in [4.78, 5) is 9.69. The van der Waals surface area contributed by atoms with Gasteiger partial charge in [0.2, 0.25) is 0 Å². The Labute approximate surface area is 186 Å². The van der Waals surface area contributed by atoms with Crippen molar-refractivity contribution in [2.45, 2.75) is 71.0 Å². The average Bonchev–Trinajstić information content (AvgIpc) is 3.01. The van der Waals surface area contributed by atoms with Crippen LogP contribution in [0.5, 0.6) is 0 Å². The number of piperidine rings is 1. The molecule has 1 saturated heterocycles. The minimum Gasteiger partial charge on any atom is -0.300 e. The van der Waals surface area contributed by atoms with Crippen LogP contribution >= 0.6 is 11.6 Å². The van der Waals surface area contributed by atoms with Crippen LogP contribution in [0.2, 0.25) is 5.15 Å². The van der Waals surface area contributed by atoms with E-state index in [1.165, 1.54) is 63.6 Å². The number of hydrogen-bond donors (Lipinski definition) is 0. The van der Waals surface area contributed by atoms with Gasteiger partial charge in [-0.1, -0.05) is 36.9 Å². The Balaban J connectivity index is 1.46. The molecule has 0 spiro atoms. The van der Waals surface area contributed by atoms with Crippen LogP contribution in [0.3, 0.4) is 0 Å². The second-order valence-electron chi connectivity index (χ2n) is 9.30. The van der Waals surface area contributed by atoms with Crippen molar-refractivity contribution in [2.75, 3.05) is 19.6 Å². The van der Waals surface area contributed by atoms with Crippen molar-refractivity contribution in [1.82, 2.24) is 24.6 Å². The molecule has 1 aliphatic heterocycles. The molecule has 1 saturated carbocycles. The molecule has 5 nitrogen and oxygen atoms in total. The molecule has 0 N–H and O–H groups in total. The molecule has 2 fully saturated rings. The maximum Gasteiger partial charge on any atom is 0.131 e. The summed E-state index contributed by atoms with van der Waals surface area (Å²) in [5, 5.41) is 5.29. The highest BCUT2D eigenvalue weighted by Crippen LogP contribution is 2.29. The first-order chi connectivity index (χ1) is 14.6. The Hall–Kier alpha value is -1.43. The highest BCUT2D eigenvalue weighted by Gasteiger charge is 2.28. The lowest BCUT2D eigenvalue weighted by Gasteiger charge is -2.41. The zero-order valence-electron chi connectivity index (χ0n) is 18.6. The number of pyridine rings is 1. The molecule has 164 valence electrons. The predicted molar refractivity (Wildman–Crippen MR) is 122 cm³/mol. The molecule has 2 aliphatic rings. The summed E-state index contributed by atoms with van der Waals surface area (Å²) in [6.07, 6.45) is 13.5. The summed E-state index contributed by atoms with van der Waals surface area (Å²) >= 11 is 6.58. The van der Waals surface area contributed by atoms with Gasteiger partial charge in [-0.25, -0.2) is 0 Å². The molecule has 3 heterocycles. The predicted octanol–water partition coefficient (Wildman–Crippen LogP) is 4.82. The normalized spacial score (nSPS) is 21.4. The van der Waals surface area contributed by atoms with Crippen LogP contribution in [0.4, 0.5) is 0 Å². The first-order valence-electron chi connectivity index (χ1n) is 11.6. The van der Waals surface area contributed by atoms with Gasteiger partial charge in [-0.3, -0.25) is 14.6 Å². The van der Waals surface area contributed by atoms with Crippen molar-refractivity contribution >= 4 is 11.6 Å². The van der Waals surface area contributed by atoms with E-state index in [4.69, 9.17) is 11.6 Å². The Kier molecular flexibility index (Phi) is 7.45. The van der Waals surface area contributed by atoms with E-state index in [1.54, 1.807) is 4.68 Å². The summed E-state index contributed by atoms with van der Waals surface area (Å²) in [6.45, 7) is 7.44. The van der Waals surface area contributed by atoms with E-state index in [9.17, 15) is 0 Å². The first kappa shape index (κ1) is 21.8. The molecule has 0 amide bonds. The van der Waals surface area contributed by atoms with Gasteiger partial charge in [0.15, 0.2) is 0 Å². The van der Waals surface area contributed by atoms with Crippen LogP contribution in [0, 0.1) is 12.8 Å². The lowest BCUT2D eigenvalue weighted by molar-refractivity contribution is 0.0771. The van der Waals surface area contributed by atoms with Crippen molar-refractivity contribution in [3.05, 3.63) is 46.5 Å². The number of halogens is 1. The van der Waals surface area contributed by atoms with Gasteiger partial charge in [-0.15, -0.1) is 0 Å². The van der Waals surface area contributed by atoms with E-state index in [2.05, 4.69) is 32.9 Å². The Morgan fingerprint density at radius 2 is 1.97 bits per heavy atom. The molecule has 4 rings (SSSR count). The summed E-state index contributed by atoms with van der Waals surface area (Å²) in [5.74, 6) is 0.716. The van der Waals surface area contributed by atoms with Crippen LogP contribution in [-0.2, 0) is 20.1 Å². The lowest BCUT2D eigenvalue weighted by Crippen LogP contribution is -2.46. The minimum atomic E-state index is 0.716. The van der Waals surface area contributed by atoms with E-state index in [0.717, 1.165) is 42.1 Å². The molecule has 2 aromatic rings. The van der Waals surface area contributed by atoms with Crippen LogP contribution < -0.4 is 0 Å². The molecule has 2 aromatic heterocycles. The average molecular weight is 430 g/mol. The van der Waals surface area contributed by atoms with E-state index in [-0.39, 0.29) is 0 Å². The number of likely N-dealkylation sites (tertiary alicyclic amines) is 1. The second-order valence-corrected chi connectivity index (χ2v) is 9.66. The van der Waals surface area contributed by atoms with E-state index < -0.39 is 0 Å². The maximum atomic E-state index is 6.58. The summed E-state index contributed by atoms with van der Waals surface area (Å²) < 4.78 is 1.79. The van der Waals surface area contributed by atoms with Gasteiger partial charge in [0.05, 0.1) is 5.69 Å². The monoisotopic (exact) mass is 429 g/mol. The second kappa shape index (κ2) is 10.3. The molecular weight excluding hydrogens is 394 g/mol. The third-order valence-corrected chi connectivity index (χ3v) is 7.41. The zero-order chi connectivity index (χ0) is 20.9. The highest BCUT2D eigenvalue weighted by molar-refractivity contribution is 6.30. The Morgan fingerprint density at radius 3 is 2.67 bits per heavy atom. The third kappa shape index (κ3) is 5.43. The van der Waals surface area contributed by atoms with Gasteiger partial charge in [-0.05, 0) is 56.7 Å². The fourth-order valence-corrected chi connectivity index (χ4v) is 5.64. The molecule has 6 heteroatoms. The van der Waals surface area contributed by atoms with E-state index >= 15 is 0 Å². The van der Waals surface area contributed by atoms with Crippen molar-refractivity contribution in [1.29, 1.82) is 0 Å². The molecule has 1 aliphatic carbocycles. The molecule has 1 atom stereocenters. The van der Waals surface area contributed by atoms with E-state index in [1.807, 2.05) is 25.5 Å².